The van der Waals surface area contributed by atoms with Gasteiger partial charge in [0.2, 0.25) is 0 Å². The summed E-state index contributed by atoms with van der Waals surface area (Å²) in [6, 6.07) is -0.781. The fraction of sp³-hybridized carbons (Fsp3) is 0.850. The van der Waals surface area contributed by atoms with Crippen LogP contribution in [0, 0.1) is 0 Å². The Morgan fingerprint density at radius 2 is 1.18 bits per heavy atom. The quantitative estimate of drug-likeness (QED) is 0.187. The molecule has 5 N–H and O–H groups in total. The molecular weight excluding hydrogens is 440 g/mol. The summed E-state index contributed by atoms with van der Waals surface area (Å²) >= 11 is 0. The Morgan fingerprint density at radius 1 is 0.758 bits per heavy atom. The molecule has 1 aliphatic heterocycles. The van der Waals surface area contributed by atoms with Crippen LogP contribution in [0.15, 0.2) is 0 Å². The Morgan fingerprint density at radius 3 is 1.55 bits per heavy atom. The minimum atomic E-state index is -1.20. The van der Waals surface area contributed by atoms with Crippen LogP contribution in [0.3, 0.4) is 0 Å². The van der Waals surface area contributed by atoms with Gasteiger partial charge in [-0.2, -0.15) is 0 Å². The summed E-state index contributed by atoms with van der Waals surface area (Å²) in [5.74, 6) is -2.42. The lowest BCUT2D eigenvalue weighted by atomic mass is 10.1. The van der Waals surface area contributed by atoms with Crippen LogP contribution in [-0.4, -0.2) is 167 Å². The van der Waals surface area contributed by atoms with Gasteiger partial charge in [0, 0.05) is 52.4 Å². The molecule has 1 fully saturated rings. The molecule has 0 amide bonds. The highest BCUT2D eigenvalue weighted by Crippen LogP contribution is 2.08. The largest absolute Gasteiger partial charge is 0.480 e. The molecule has 13 nitrogen and oxygen atoms in total. The summed E-state index contributed by atoms with van der Waals surface area (Å²) in [5.41, 5.74) is 0. The lowest BCUT2D eigenvalue weighted by Crippen LogP contribution is -2.54. The number of carbonyl (C=O) groups excluding carboxylic acids is 1. The van der Waals surface area contributed by atoms with Crippen molar-refractivity contribution in [2.75, 3.05) is 91.8 Å². The fourth-order valence-corrected chi connectivity index (χ4v) is 3.73. The molecule has 0 spiro atoms. The molecule has 1 heterocycles. The molecule has 0 aromatic rings. The third-order valence-corrected chi connectivity index (χ3v) is 5.53. The van der Waals surface area contributed by atoms with Gasteiger partial charge >= 0.3 is 17.9 Å². The number of carboxylic acids is 2. The van der Waals surface area contributed by atoms with Crippen molar-refractivity contribution >= 4 is 17.9 Å². The van der Waals surface area contributed by atoms with Crippen LogP contribution in [-0.2, 0) is 19.1 Å². The molecule has 13 heteroatoms. The summed E-state index contributed by atoms with van der Waals surface area (Å²) in [5, 5.41) is 47.8. The maximum absolute atomic E-state index is 12.0. The van der Waals surface area contributed by atoms with Gasteiger partial charge in [0.25, 0.3) is 0 Å². The number of hydrogen-bond donors (Lipinski definition) is 5. The molecule has 0 unspecified atom stereocenters. The minimum Gasteiger partial charge on any atom is -0.480 e. The van der Waals surface area contributed by atoms with E-state index in [1.165, 1.54) is 0 Å². The zero-order chi connectivity index (χ0) is 24.8. The average Bonchev–Trinajstić information content (AvgIpc) is 2.74. The lowest BCUT2D eigenvalue weighted by molar-refractivity contribution is -0.145. The van der Waals surface area contributed by atoms with Gasteiger partial charge in [-0.15, -0.1) is 0 Å². The van der Waals surface area contributed by atoms with E-state index in [1.54, 1.807) is 21.6 Å². The van der Waals surface area contributed by atoms with E-state index in [9.17, 15) is 39.9 Å². The zero-order valence-electron chi connectivity index (χ0n) is 19.2. The van der Waals surface area contributed by atoms with Crippen LogP contribution in [0.2, 0.25) is 0 Å². The van der Waals surface area contributed by atoms with E-state index in [2.05, 4.69) is 0 Å². The molecule has 2 atom stereocenters. The Balaban J connectivity index is 3.06. The van der Waals surface area contributed by atoms with Crippen molar-refractivity contribution in [2.24, 2.45) is 0 Å². The normalized spacial score (nSPS) is 20.4. The topological polar surface area (TPSA) is 175 Å². The molecule has 1 rings (SSSR count). The third kappa shape index (κ3) is 11.7. The van der Waals surface area contributed by atoms with Crippen LogP contribution < -0.4 is 0 Å². The maximum Gasteiger partial charge on any atom is 0.320 e. The predicted octanol–water partition coefficient (Wildman–Crippen LogP) is -3.35. The van der Waals surface area contributed by atoms with E-state index in [4.69, 9.17) is 4.74 Å². The van der Waals surface area contributed by atoms with Crippen LogP contribution in [0.4, 0.5) is 0 Å². The number of aliphatic hydroxyl groups is 3. The van der Waals surface area contributed by atoms with E-state index in [1.807, 2.05) is 4.90 Å². The van der Waals surface area contributed by atoms with Crippen LogP contribution in [0.5, 0.6) is 0 Å². The number of aliphatic carboxylic acids is 2. The van der Waals surface area contributed by atoms with E-state index < -0.39 is 43.3 Å². The molecular formula is C20H38N4O9. The first-order valence-corrected chi connectivity index (χ1v) is 11.1. The Bertz CT molecular complexity index is 578. The molecule has 0 bridgehead atoms. The number of rotatable bonds is 11. The number of ether oxygens (including phenoxy) is 1. The van der Waals surface area contributed by atoms with E-state index >= 15 is 0 Å². The molecule has 192 valence electrons. The van der Waals surface area contributed by atoms with Crippen molar-refractivity contribution in [3.63, 3.8) is 0 Å². The summed E-state index contributed by atoms with van der Waals surface area (Å²) < 4.78 is 5.02. The number of hydrogen-bond acceptors (Lipinski definition) is 11. The summed E-state index contributed by atoms with van der Waals surface area (Å²) in [6.07, 6.45) is -1.20. The van der Waals surface area contributed by atoms with Crippen molar-refractivity contribution in [1.82, 2.24) is 19.6 Å². The number of carbonyl (C=O) groups is 3. The van der Waals surface area contributed by atoms with Crippen LogP contribution in [0.25, 0.3) is 0 Å². The Kier molecular flexibility index (Phi) is 14.0. The Labute approximate surface area is 193 Å². The van der Waals surface area contributed by atoms with Gasteiger partial charge in [-0.3, -0.25) is 34.0 Å². The molecule has 1 saturated heterocycles. The minimum absolute atomic E-state index is 0.0110. The van der Waals surface area contributed by atoms with Gasteiger partial charge in [0.05, 0.1) is 51.6 Å². The first-order chi connectivity index (χ1) is 15.7. The van der Waals surface area contributed by atoms with Crippen molar-refractivity contribution < 1.29 is 44.7 Å². The Hall–Kier alpha value is -1.87. The van der Waals surface area contributed by atoms with E-state index in [-0.39, 0.29) is 39.3 Å². The van der Waals surface area contributed by atoms with E-state index in [0.717, 1.165) is 0 Å². The van der Waals surface area contributed by atoms with Gasteiger partial charge in [0.15, 0.2) is 0 Å². The molecule has 0 radical (unpaired) electrons. The van der Waals surface area contributed by atoms with Crippen molar-refractivity contribution in [2.45, 2.75) is 19.1 Å². The van der Waals surface area contributed by atoms with E-state index in [0.29, 0.717) is 39.3 Å². The second-order valence-corrected chi connectivity index (χ2v) is 7.96. The average molecular weight is 479 g/mol. The first kappa shape index (κ1) is 29.2. The van der Waals surface area contributed by atoms with Gasteiger partial charge in [-0.25, -0.2) is 0 Å². The SMILES string of the molecule is CCOC(=O)CN1CCN(CC(=O)O)CCN([C@H](CO)[C@H](O)CO)CCN(CC(=O)O)CC1. The monoisotopic (exact) mass is 478 g/mol. The summed E-state index contributed by atoms with van der Waals surface area (Å²) in [6.45, 7) is 3.12. The lowest BCUT2D eigenvalue weighted by Gasteiger charge is -2.37. The summed E-state index contributed by atoms with van der Waals surface area (Å²) in [4.78, 5) is 41.6. The second kappa shape index (κ2) is 15.9. The summed E-state index contributed by atoms with van der Waals surface area (Å²) in [7, 11) is 0. The standard InChI is InChI=1S/C20H38N4O9/c1-2-33-20(32)13-23-5-3-21(11-18(28)29)7-9-24(16(14-25)17(27)15-26)10-8-22(4-6-23)12-19(30)31/h16-17,25-27H,2-15H2,1H3,(H,28,29)(H,30,31)/t16-,17-/m1/s1. The van der Waals surface area contributed by atoms with Gasteiger partial charge in [-0.1, -0.05) is 0 Å². The fourth-order valence-electron chi connectivity index (χ4n) is 3.73. The predicted molar refractivity (Wildman–Crippen MR) is 117 cm³/mol. The highest BCUT2D eigenvalue weighted by molar-refractivity contribution is 5.71. The smallest absolute Gasteiger partial charge is 0.320 e. The number of aliphatic hydroxyl groups excluding tert-OH is 3. The van der Waals surface area contributed by atoms with Gasteiger partial charge in [-0.05, 0) is 6.92 Å². The second-order valence-electron chi connectivity index (χ2n) is 7.96. The van der Waals surface area contributed by atoms with Crippen LogP contribution >= 0.6 is 0 Å². The molecule has 0 saturated carbocycles. The highest BCUT2D eigenvalue weighted by Gasteiger charge is 2.27. The van der Waals surface area contributed by atoms with Crippen molar-refractivity contribution in [3.05, 3.63) is 0 Å². The molecule has 33 heavy (non-hydrogen) atoms. The van der Waals surface area contributed by atoms with Gasteiger partial charge in [0.1, 0.15) is 0 Å². The molecule has 0 aromatic carbocycles. The molecule has 0 aromatic heterocycles. The highest BCUT2D eigenvalue weighted by atomic mass is 16.5. The maximum atomic E-state index is 12.0. The van der Waals surface area contributed by atoms with Crippen LogP contribution in [0.1, 0.15) is 6.92 Å². The number of carboxylic acid groups (broad SMARTS) is 2. The number of nitrogens with zero attached hydrogens (tertiary/aromatic N) is 4. The van der Waals surface area contributed by atoms with Gasteiger partial charge < -0.3 is 30.3 Å². The molecule has 0 aliphatic carbocycles. The van der Waals surface area contributed by atoms with Crippen molar-refractivity contribution in [3.8, 4) is 0 Å². The third-order valence-electron chi connectivity index (χ3n) is 5.53. The van der Waals surface area contributed by atoms with Crippen molar-refractivity contribution in [1.29, 1.82) is 0 Å². The molecule has 1 aliphatic rings. The zero-order valence-corrected chi connectivity index (χ0v) is 19.2. The number of esters is 1. The first-order valence-electron chi connectivity index (χ1n) is 11.1.